The molecule has 0 bridgehead atoms. The lowest BCUT2D eigenvalue weighted by atomic mass is 9.81. The smallest absolute Gasteiger partial charge is 0.264 e. The van der Waals surface area contributed by atoms with Gasteiger partial charge in [-0.25, -0.2) is 0 Å². The molecule has 5 amide bonds. The fourth-order valence-electron chi connectivity index (χ4n) is 4.86. The van der Waals surface area contributed by atoms with Crippen LogP contribution < -0.4 is 16.0 Å². The number of piperidine rings is 1. The first-order valence-electron chi connectivity index (χ1n) is 11.3. The number of amides is 5. The van der Waals surface area contributed by atoms with Gasteiger partial charge in [0.2, 0.25) is 17.7 Å². The highest BCUT2D eigenvalue weighted by atomic mass is 16.2. The molecule has 1 aromatic carbocycles. The summed E-state index contributed by atoms with van der Waals surface area (Å²) in [6, 6.07) is 4.09. The van der Waals surface area contributed by atoms with E-state index in [2.05, 4.69) is 16.0 Å². The number of nitrogens with one attached hydrogen (secondary N) is 3. The second-order valence-electron chi connectivity index (χ2n) is 8.67. The van der Waals surface area contributed by atoms with Crippen molar-refractivity contribution >= 4 is 35.2 Å². The second-order valence-corrected chi connectivity index (χ2v) is 8.67. The molecule has 9 heteroatoms. The summed E-state index contributed by atoms with van der Waals surface area (Å²) in [5.74, 6) is -1.48. The van der Waals surface area contributed by atoms with Gasteiger partial charge in [-0.2, -0.15) is 0 Å². The average Bonchev–Trinajstić information content (AvgIpc) is 3.04. The van der Waals surface area contributed by atoms with Crippen LogP contribution in [-0.2, 0) is 14.4 Å². The van der Waals surface area contributed by atoms with E-state index in [1.807, 2.05) is 6.92 Å². The highest BCUT2D eigenvalue weighted by Crippen LogP contribution is 2.34. The van der Waals surface area contributed by atoms with Crippen LogP contribution in [0, 0.1) is 11.8 Å². The summed E-state index contributed by atoms with van der Waals surface area (Å²) < 4.78 is 0. The van der Waals surface area contributed by atoms with E-state index in [4.69, 9.17) is 0 Å². The number of hydrogen-bond donors (Lipinski definition) is 3. The van der Waals surface area contributed by atoms with E-state index in [-0.39, 0.29) is 35.8 Å². The number of fused-ring (bicyclic) bond motifs is 1. The first kappa shape index (κ1) is 22.0. The Morgan fingerprint density at radius 2 is 1.81 bits per heavy atom. The molecule has 3 N–H and O–H groups in total. The van der Waals surface area contributed by atoms with Crippen molar-refractivity contribution in [1.29, 1.82) is 0 Å². The normalized spacial score (nSPS) is 25.4. The number of rotatable bonds is 6. The molecule has 1 atom stereocenters. The average molecular weight is 441 g/mol. The molecule has 4 rings (SSSR count). The van der Waals surface area contributed by atoms with Gasteiger partial charge in [-0.05, 0) is 57.1 Å². The van der Waals surface area contributed by atoms with E-state index < -0.39 is 29.7 Å². The van der Waals surface area contributed by atoms with Gasteiger partial charge in [0, 0.05) is 31.1 Å². The Hall–Kier alpha value is -3.23. The summed E-state index contributed by atoms with van der Waals surface area (Å²) in [5.41, 5.74) is 1.12. The van der Waals surface area contributed by atoms with Crippen molar-refractivity contribution in [2.75, 3.05) is 18.4 Å². The number of anilines is 1. The zero-order valence-corrected chi connectivity index (χ0v) is 18.1. The molecule has 0 radical (unpaired) electrons. The zero-order chi connectivity index (χ0) is 22.8. The molecule has 32 heavy (non-hydrogen) atoms. The van der Waals surface area contributed by atoms with Crippen LogP contribution in [0.25, 0.3) is 0 Å². The number of imide groups is 2. The lowest BCUT2D eigenvalue weighted by molar-refractivity contribution is -0.136. The maximum atomic E-state index is 13.1. The Morgan fingerprint density at radius 3 is 2.50 bits per heavy atom. The van der Waals surface area contributed by atoms with E-state index in [9.17, 15) is 24.0 Å². The first-order valence-corrected chi connectivity index (χ1v) is 11.3. The van der Waals surface area contributed by atoms with Crippen LogP contribution in [0.5, 0.6) is 0 Å². The highest BCUT2D eigenvalue weighted by molar-refractivity contribution is 6.25. The van der Waals surface area contributed by atoms with Crippen molar-refractivity contribution < 1.29 is 24.0 Å². The maximum Gasteiger partial charge on any atom is 0.264 e. The number of benzene rings is 1. The van der Waals surface area contributed by atoms with Gasteiger partial charge in [0.1, 0.15) is 6.04 Å². The Balaban J connectivity index is 1.42. The minimum Gasteiger partial charge on any atom is -0.384 e. The van der Waals surface area contributed by atoms with E-state index in [0.29, 0.717) is 24.7 Å². The van der Waals surface area contributed by atoms with Crippen molar-refractivity contribution in [1.82, 2.24) is 15.5 Å². The lowest BCUT2D eigenvalue weighted by Gasteiger charge is -2.28. The fourth-order valence-corrected chi connectivity index (χ4v) is 4.86. The molecule has 3 aliphatic rings. The van der Waals surface area contributed by atoms with Gasteiger partial charge in [-0.1, -0.05) is 6.07 Å². The van der Waals surface area contributed by atoms with Crippen LogP contribution in [0.15, 0.2) is 18.2 Å². The molecule has 1 aliphatic carbocycles. The zero-order valence-electron chi connectivity index (χ0n) is 18.1. The second kappa shape index (κ2) is 9.10. The monoisotopic (exact) mass is 440 g/mol. The van der Waals surface area contributed by atoms with Crippen LogP contribution in [0.2, 0.25) is 0 Å². The molecular formula is C23H28N4O5. The van der Waals surface area contributed by atoms with Crippen LogP contribution >= 0.6 is 0 Å². The molecule has 2 heterocycles. The van der Waals surface area contributed by atoms with Gasteiger partial charge >= 0.3 is 0 Å². The number of hydrogen-bond acceptors (Lipinski definition) is 6. The SMILES string of the molecule is CCNC(=O)C1CCC(CNc2cccc3c2C(=O)N(C2CCC(=O)NC2=O)C3=O)CC1. The van der Waals surface area contributed by atoms with Gasteiger partial charge in [0.25, 0.3) is 11.8 Å². The molecule has 1 saturated heterocycles. The van der Waals surface area contributed by atoms with Crippen molar-refractivity contribution in [3.8, 4) is 0 Å². The van der Waals surface area contributed by atoms with Gasteiger partial charge in [0.05, 0.1) is 11.1 Å². The van der Waals surface area contributed by atoms with E-state index in [1.54, 1.807) is 18.2 Å². The van der Waals surface area contributed by atoms with Gasteiger partial charge in [0.15, 0.2) is 0 Å². The summed E-state index contributed by atoms with van der Waals surface area (Å²) in [6.07, 6.45) is 3.73. The minimum atomic E-state index is -0.975. The Labute approximate surface area is 186 Å². The summed E-state index contributed by atoms with van der Waals surface area (Å²) in [4.78, 5) is 62.8. The molecule has 2 fully saturated rings. The predicted octanol–water partition coefficient (Wildman–Crippen LogP) is 1.44. The third-order valence-corrected chi connectivity index (χ3v) is 6.62. The first-order chi connectivity index (χ1) is 15.4. The van der Waals surface area contributed by atoms with Gasteiger partial charge in [-0.15, -0.1) is 0 Å². The van der Waals surface area contributed by atoms with E-state index in [1.165, 1.54) is 0 Å². The molecular weight excluding hydrogens is 412 g/mol. The van der Waals surface area contributed by atoms with E-state index >= 15 is 0 Å². The van der Waals surface area contributed by atoms with Gasteiger partial charge in [-0.3, -0.25) is 34.2 Å². The number of carbonyl (C=O) groups excluding carboxylic acids is 5. The van der Waals surface area contributed by atoms with Crippen LogP contribution in [0.4, 0.5) is 5.69 Å². The Bertz CT molecular complexity index is 967. The molecule has 0 spiro atoms. The van der Waals surface area contributed by atoms with Crippen LogP contribution in [0.3, 0.4) is 0 Å². The minimum absolute atomic E-state index is 0.0634. The molecule has 1 unspecified atom stereocenters. The lowest BCUT2D eigenvalue weighted by Crippen LogP contribution is -2.54. The molecule has 0 aromatic heterocycles. The standard InChI is InChI=1S/C23H28N4O5/c1-2-24-20(29)14-8-6-13(7-9-14)12-25-16-5-3-4-15-19(16)23(32)27(22(15)31)17-10-11-18(28)26-21(17)30/h3-5,13-14,17,25H,2,6-12H2,1H3,(H,24,29)(H,26,28,30). The Morgan fingerprint density at radius 1 is 1.06 bits per heavy atom. The highest BCUT2D eigenvalue weighted by Gasteiger charge is 2.45. The number of carbonyl (C=O) groups is 5. The molecule has 9 nitrogen and oxygen atoms in total. The van der Waals surface area contributed by atoms with Gasteiger partial charge < -0.3 is 10.6 Å². The van der Waals surface area contributed by atoms with Crippen molar-refractivity contribution in [2.45, 2.75) is 51.5 Å². The maximum absolute atomic E-state index is 13.1. The molecule has 2 aliphatic heterocycles. The summed E-state index contributed by atoms with van der Waals surface area (Å²) >= 11 is 0. The fraction of sp³-hybridized carbons (Fsp3) is 0.522. The number of nitrogens with zero attached hydrogens (tertiary/aromatic N) is 1. The molecule has 170 valence electrons. The predicted molar refractivity (Wildman–Crippen MR) is 116 cm³/mol. The summed E-state index contributed by atoms with van der Waals surface area (Å²) in [7, 11) is 0. The quantitative estimate of drug-likeness (QED) is 0.575. The van der Waals surface area contributed by atoms with Crippen LogP contribution in [-0.4, -0.2) is 53.6 Å². The largest absolute Gasteiger partial charge is 0.384 e. The summed E-state index contributed by atoms with van der Waals surface area (Å²) in [5, 5.41) is 8.42. The van der Waals surface area contributed by atoms with Crippen molar-refractivity contribution in [3.05, 3.63) is 29.3 Å². The Kier molecular flexibility index (Phi) is 6.25. The molecule has 1 saturated carbocycles. The van der Waals surface area contributed by atoms with Crippen LogP contribution in [0.1, 0.15) is 66.2 Å². The van der Waals surface area contributed by atoms with E-state index in [0.717, 1.165) is 30.6 Å². The summed E-state index contributed by atoms with van der Waals surface area (Å²) in [6.45, 7) is 3.19. The third kappa shape index (κ3) is 4.11. The van der Waals surface area contributed by atoms with Crippen molar-refractivity contribution in [2.24, 2.45) is 11.8 Å². The topological polar surface area (TPSA) is 125 Å². The van der Waals surface area contributed by atoms with Crippen molar-refractivity contribution in [3.63, 3.8) is 0 Å². The third-order valence-electron chi connectivity index (χ3n) is 6.62. The molecule has 1 aromatic rings.